The number of hydrogen-bond donors (Lipinski definition) is 0. The summed E-state index contributed by atoms with van der Waals surface area (Å²) in [7, 11) is 0. The van der Waals surface area contributed by atoms with Gasteiger partial charge in [-0.15, -0.1) is 11.8 Å². The largest absolute Gasteiger partial charge is 0.430 e. The fraction of sp³-hybridized carbons (Fsp3) is 0.636. The molecule has 3 nitrogen and oxygen atoms in total. The fourth-order valence-corrected chi connectivity index (χ4v) is 2.37. The smallest absolute Gasteiger partial charge is 0.307 e. The number of hydrogen-bond acceptors (Lipinski definition) is 4. The second-order valence-electron chi connectivity index (χ2n) is 4.49. The molecular weight excluding hydrogens is 212 g/mol. The van der Waals surface area contributed by atoms with Crippen LogP contribution in [0.15, 0.2) is 10.7 Å². The van der Waals surface area contributed by atoms with Gasteiger partial charge in [0.05, 0.1) is 4.91 Å². The molecule has 0 saturated carbocycles. The Morgan fingerprint density at radius 2 is 2.00 bits per heavy atom. The van der Waals surface area contributed by atoms with Crippen LogP contribution in [0.25, 0.3) is 0 Å². The Labute approximate surface area is 94.3 Å². The third kappa shape index (κ3) is 3.09. The zero-order valence-corrected chi connectivity index (χ0v) is 10.4. The molecule has 0 fully saturated rings. The predicted molar refractivity (Wildman–Crippen MR) is 60.3 cm³/mol. The van der Waals surface area contributed by atoms with Gasteiger partial charge in [-0.25, -0.2) is 0 Å². The SMILES string of the molecule is CSC1=C(OC(C)=O)CC(C)(C)CC1=O. The topological polar surface area (TPSA) is 43.4 Å². The Morgan fingerprint density at radius 3 is 2.47 bits per heavy atom. The van der Waals surface area contributed by atoms with Crippen LogP contribution >= 0.6 is 11.8 Å². The van der Waals surface area contributed by atoms with Gasteiger partial charge in [-0.3, -0.25) is 9.59 Å². The number of esters is 1. The maximum Gasteiger partial charge on any atom is 0.307 e. The van der Waals surface area contributed by atoms with Crippen molar-refractivity contribution in [2.24, 2.45) is 5.41 Å². The molecule has 0 aromatic rings. The van der Waals surface area contributed by atoms with Gasteiger partial charge in [0.1, 0.15) is 5.76 Å². The van der Waals surface area contributed by atoms with Crippen molar-refractivity contribution in [3.05, 3.63) is 10.7 Å². The van der Waals surface area contributed by atoms with Crippen LogP contribution < -0.4 is 0 Å². The van der Waals surface area contributed by atoms with Crippen LogP contribution in [-0.2, 0) is 14.3 Å². The average molecular weight is 228 g/mol. The highest BCUT2D eigenvalue weighted by Gasteiger charge is 2.34. The number of thioether (sulfide) groups is 1. The first-order valence-electron chi connectivity index (χ1n) is 4.84. The summed E-state index contributed by atoms with van der Waals surface area (Å²) in [6.45, 7) is 5.37. The summed E-state index contributed by atoms with van der Waals surface area (Å²) in [6.07, 6.45) is 3.00. The Kier molecular flexibility index (Phi) is 3.60. The van der Waals surface area contributed by atoms with Crippen molar-refractivity contribution in [3.63, 3.8) is 0 Å². The summed E-state index contributed by atoms with van der Waals surface area (Å²) in [6, 6.07) is 0. The maximum atomic E-state index is 11.8. The van der Waals surface area contributed by atoms with E-state index in [0.717, 1.165) is 0 Å². The highest BCUT2D eigenvalue weighted by molar-refractivity contribution is 8.03. The number of carbonyl (C=O) groups is 2. The van der Waals surface area contributed by atoms with E-state index in [9.17, 15) is 9.59 Å². The molecule has 1 aliphatic rings. The normalized spacial score (nSPS) is 20.4. The first-order chi connectivity index (χ1) is 6.85. The van der Waals surface area contributed by atoms with Gasteiger partial charge in [0, 0.05) is 19.8 Å². The van der Waals surface area contributed by atoms with Gasteiger partial charge in [-0.1, -0.05) is 13.8 Å². The molecule has 1 aliphatic carbocycles. The molecule has 0 aromatic carbocycles. The molecular formula is C11H16O3S. The van der Waals surface area contributed by atoms with E-state index < -0.39 is 0 Å². The van der Waals surface area contributed by atoms with Crippen molar-refractivity contribution in [2.45, 2.75) is 33.6 Å². The Balaban J connectivity index is 3.02. The van der Waals surface area contributed by atoms with Gasteiger partial charge < -0.3 is 4.74 Å². The van der Waals surface area contributed by atoms with Crippen LogP contribution in [0.1, 0.15) is 33.6 Å². The molecule has 0 N–H and O–H groups in total. The van der Waals surface area contributed by atoms with Gasteiger partial charge in [-0.05, 0) is 11.7 Å². The second kappa shape index (κ2) is 4.39. The lowest BCUT2D eigenvalue weighted by Gasteiger charge is -2.30. The zero-order valence-electron chi connectivity index (χ0n) is 9.55. The van der Waals surface area contributed by atoms with E-state index in [-0.39, 0.29) is 17.2 Å². The third-order valence-electron chi connectivity index (χ3n) is 2.26. The summed E-state index contributed by atoms with van der Waals surface area (Å²) in [5.41, 5.74) is -0.110. The number of ketones is 1. The van der Waals surface area contributed by atoms with Gasteiger partial charge in [-0.2, -0.15) is 0 Å². The van der Waals surface area contributed by atoms with Crippen LogP contribution in [0.4, 0.5) is 0 Å². The fourth-order valence-electron chi connectivity index (χ4n) is 1.73. The van der Waals surface area contributed by atoms with Crippen molar-refractivity contribution in [3.8, 4) is 0 Å². The lowest BCUT2D eigenvalue weighted by molar-refractivity contribution is -0.137. The highest BCUT2D eigenvalue weighted by atomic mass is 32.2. The van der Waals surface area contributed by atoms with Crippen molar-refractivity contribution < 1.29 is 14.3 Å². The molecule has 84 valence electrons. The molecule has 0 aliphatic heterocycles. The summed E-state index contributed by atoms with van der Waals surface area (Å²) < 4.78 is 5.10. The first-order valence-corrected chi connectivity index (χ1v) is 6.07. The van der Waals surface area contributed by atoms with E-state index in [4.69, 9.17) is 4.74 Å². The Morgan fingerprint density at radius 1 is 1.40 bits per heavy atom. The van der Waals surface area contributed by atoms with Gasteiger partial charge in [0.25, 0.3) is 0 Å². The van der Waals surface area contributed by atoms with Crippen LogP contribution in [0, 0.1) is 5.41 Å². The maximum absolute atomic E-state index is 11.8. The quantitative estimate of drug-likeness (QED) is 0.681. The summed E-state index contributed by atoms with van der Waals surface area (Å²) in [5.74, 6) is 0.258. The van der Waals surface area contributed by atoms with Gasteiger partial charge in [0.2, 0.25) is 0 Å². The minimum atomic E-state index is -0.359. The summed E-state index contributed by atoms with van der Waals surface area (Å²) in [5, 5.41) is 0. The zero-order chi connectivity index (χ0) is 11.6. The molecule has 4 heteroatoms. The predicted octanol–water partition coefficient (Wildman–Crippen LogP) is 2.51. The van der Waals surface area contributed by atoms with E-state index in [0.29, 0.717) is 23.5 Å². The molecule has 1 rings (SSSR count). The number of ether oxygens (including phenoxy) is 1. The van der Waals surface area contributed by atoms with Crippen LogP contribution in [0.3, 0.4) is 0 Å². The number of rotatable bonds is 2. The van der Waals surface area contributed by atoms with Crippen LogP contribution in [-0.4, -0.2) is 18.0 Å². The van der Waals surface area contributed by atoms with E-state index in [1.54, 1.807) is 0 Å². The molecule has 0 radical (unpaired) electrons. The average Bonchev–Trinajstić information content (AvgIpc) is 1.99. The molecule has 15 heavy (non-hydrogen) atoms. The Bertz CT molecular complexity index is 329. The standard InChI is InChI=1S/C11H16O3S/c1-7(12)14-9-6-11(2,3)5-8(13)10(9)15-4/h5-6H2,1-4H3. The molecule has 0 unspecified atom stereocenters. The third-order valence-corrected chi connectivity index (χ3v) is 3.12. The molecule has 0 aromatic heterocycles. The molecule has 0 saturated heterocycles. The molecule has 0 bridgehead atoms. The van der Waals surface area contributed by atoms with Crippen molar-refractivity contribution >= 4 is 23.5 Å². The van der Waals surface area contributed by atoms with Crippen molar-refractivity contribution in [2.75, 3.05) is 6.26 Å². The summed E-state index contributed by atoms with van der Waals surface area (Å²) in [4.78, 5) is 23.3. The number of allylic oxidation sites excluding steroid dienone is 2. The molecule has 0 heterocycles. The minimum absolute atomic E-state index is 0.0787. The van der Waals surface area contributed by atoms with E-state index in [2.05, 4.69) is 0 Å². The van der Waals surface area contributed by atoms with Crippen molar-refractivity contribution in [1.82, 2.24) is 0 Å². The second-order valence-corrected chi connectivity index (χ2v) is 5.31. The van der Waals surface area contributed by atoms with E-state index >= 15 is 0 Å². The molecule has 0 atom stereocenters. The van der Waals surface area contributed by atoms with Crippen molar-refractivity contribution in [1.29, 1.82) is 0 Å². The molecule has 0 spiro atoms. The highest BCUT2D eigenvalue weighted by Crippen LogP contribution is 2.40. The molecule has 0 amide bonds. The van der Waals surface area contributed by atoms with E-state index in [1.807, 2.05) is 20.1 Å². The van der Waals surface area contributed by atoms with Gasteiger partial charge in [0.15, 0.2) is 5.78 Å². The van der Waals surface area contributed by atoms with E-state index in [1.165, 1.54) is 18.7 Å². The Hall–Kier alpha value is -0.770. The van der Waals surface area contributed by atoms with Crippen LogP contribution in [0.2, 0.25) is 0 Å². The monoisotopic (exact) mass is 228 g/mol. The lowest BCUT2D eigenvalue weighted by atomic mass is 9.79. The van der Waals surface area contributed by atoms with Gasteiger partial charge >= 0.3 is 5.97 Å². The first kappa shape index (κ1) is 12.3. The lowest BCUT2D eigenvalue weighted by Crippen LogP contribution is -2.26. The minimum Gasteiger partial charge on any atom is -0.430 e. The summed E-state index contributed by atoms with van der Waals surface area (Å²) >= 11 is 1.36. The van der Waals surface area contributed by atoms with Crippen LogP contribution in [0.5, 0.6) is 0 Å². The number of Topliss-reactive ketones (excluding diaryl/α,β-unsaturated/α-hetero) is 1. The number of carbonyl (C=O) groups excluding carboxylic acids is 2.